The van der Waals surface area contributed by atoms with E-state index in [0.717, 1.165) is 49.2 Å². The van der Waals surface area contributed by atoms with E-state index in [1.54, 1.807) is 19.2 Å². The van der Waals surface area contributed by atoms with Crippen molar-refractivity contribution in [3.05, 3.63) is 65.5 Å². The predicted molar refractivity (Wildman–Crippen MR) is 104 cm³/mol. The molecule has 0 aliphatic carbocycles. The van der Waals surface area contributed by atoms with Crippen LogP contribution in [0.5, 0.6) is 5.75 Å². The minimum Gasteiger partial charge on any atom is -0.497 e. The first kappa shape index (κ1) is 19.4. The van der Waals surface area contributed by atoms with Crippen molar-refractivity contribution in [2.45, 2.75) is 31.7 Å². The maximum atomic E-state index is 13.3. The number of hydrogen-bond acceptors (Lipinski definition) is 3. The van der Waals surface area contributed by atoms with Crippen molar-refractivity contribution in [3.63, 3.8) is 0 Å². The van der Waals surface area contributed by atoms with E-state index < -0.39 is 0 Å². The minimum absolute atomic E-state index is 0.0266. The summed E-state index contributed by atoms with van der Waals surface area (Å²) in [6.07, 6.45) is 3.69. The van der Waals surface area contributed by atoms with Crippen molar-refractivity contribution in [3.8, 4) is 5.75 Å². The van der Waals surface area contributed by atoms with Crippen molar-refractivity contribution in [1.29, 1.82) is 0 Å². The highest BCUT2D eigenvalue weighted by molar-refractivity contribution is 5.77. The predicted octanol–water partition coefficient (Wildman–Crippen LogP) is 3.82. The summed E-state index contributed by atoms with van der Waals surface area (Å²) >= 11 is 0. The molecular formula is C22H27FN2O2. The Balaban J connectivity index is 1.70. The van der Waals surface area contributed by atoms with E-state index >= 15 is 0 Å². The van der Waals surface area contributed by atoms with Gasteiger partial charge in [0.15, 0.2) is 0 Å². The highest BCUT2D eigenvalue weighted by atomic mass is 19.1. The Morgan fingerprint density at radius 2 is 1.70 bits per heavy atom. The molecule has 1 aliphatic heterocycles. The number of amides is 1. The minimum atomic E-state index is -0.308. The molecule has 1 amide bonds. The third kappa shape index (κ3) is 5.54. The molecule has 0 saturated carbocycles. The Bertz CT molecular complexity index is 725. The van der Waals surface area contributed by atoms with Crippen molar-refractivity contribution < 1.29 is 13.9 Å². The van der Waals surface area contributed by atoms with Crippen molar-refractivity contribution >= 4 is 5.91 Å². The molecule has 1 aliphatic rings. The molecule has 0 bridgehead atoms. The quantitative estimate of drug-likeness (QED) is 0.779. The number of benzene rings is 2. The van der Waals surface area contributed by atoms with Gasteiger partial charge in [0, 0.05) is 6.42 Å². The fourth-order valence-corrected chi connectivity index (χ4v) is 3.55. The molecule has 1 fully saturated rings. The van der Waals surface area contributed by atoms with E-state index in [4.69, 9.17) is 4.74 Å². The molecule has 1 atom stereocenters. The maximum absolute atomic E-state index is 13.3. The Hall–Kier alpha value is -2.40. The summed E-state index contributed by atoms with van der Waals surface area (Å²) in [4.78, 5) is 12.6. The SMILES string of the molecule is COc1ccc(C(NC(=O)CCC2CCNCC2)c2ccc(F)cc2)cc1. The van der Waals surface area contributed by atoms with Crippen LogP contribution in [0.4, 0.5) is 4.39 Å². The first-order valence-corrected chi connectivity index (χ1v) is 9.55. The fourth-order valence-electron chi connectivity index (χ4n) is 3.55. The van der Waals surface area contributed by atoms with Crippen LogP contribution < -0.4 is 15.4 Å². The van der Waals surface area contributed by atoms with Gasteiger partial charge in [-0.2, -0.15) is 0 Å². The topological polar surface area (TPSA) is 50.4 Å². The van der Waals surface area contributed by atoms with E-state index in [9.17, 15) is 9.18 Å². The molecule has 0 radical (unpaired) electrons. The zero-order chi connectivity index (χ0) is 19.1. The molecule has 2 aromatic carbocycles. The molecular weight excluding hydrogens is 343 g/mol. The van der Waals surface area contributed by atoms with E-state index in [1.165, 1.54) is 12.1 Å². The van der Waals surface area contributed by atoms with Crippen LogP contribution in [-0.4, -0.2) is 26.1 Å². The number of rotatable bonds is 7. The highest BCUT2D eigenvalue weighted by Gasteiger charge is 2.19. The van der Waals surface area contributed by atoms with Gasteiger partial charge in [-0.3, -0.25) is 4.79 Å². The van der Waals surface area contributed by atoms with Gasteiger partial charge in [0.05, 0.1) is 13.2 Å². The van der Waals surface area contributed by atoms with Gasteiger partial charge in [0.25, 0.3) is 0 Å². The Labute approximate surface area is 160 Å². The number of ether oxygens (including phenoxy) is 1. The lowest BCUT2D eigenvalue weighted by Crippen LogP contribution is -2.31. The van der Waals surface area contributed by atoms with Crippen molar-refractivity contribution in [2.75, 3.05) is 20.2 Å². The molecule has 0 aromatic heterocycles. The molecule has 144 valence electrons. The third-order valence-corrected chi connectivity index (χ3v) is 5.20. The Kier molecular flexibility index (Phi) is 6.82. The summed E-state index contributed by atoms with van der Waals surface area (Å²) in [6, 6.07) is 13.6. The molecule has 1 saturated heterocycles. The van der Waals surface area contributed by atoms with Crippen LogP contribution in [0.3, 0.4) is 0 Å². The summed E-state index contributed by atoms with van der Waals surface area (Å²) in [5.41, 5.74) is 1.80. The number of nitrogens with one attached hydrogen (secondary N) is 2. The average Bonchev–Trinajstić information content (AvgIpc) is 2.72. The summed E-state index contributed by atoms with van der Waals surface area (Å²) < 4.78 is 18.5. The maximum Gasteiger partial charge on any atom is 0.220 e. The lowest BCUT2D eigenvalue weighted by molar-refractivity contribution is -0.121. The molecule has 3 rings (SSSR count). The van der Waals surface area contributed by atoms with Gasteiger partial charge in [-0.1, -0.05) is 24.3 Å². The molecule has 1 unspecified atom stereocenters. The zero-order valence-corrected chi connectivity index (χ0v) is 15.7. The Morgan fingerprint density at radius 3 is 2.30 bits per heavy atom. The van der Waals surface area contributed by atoms with Gasteiger partial charge in [-0.05, 0) is 73.7 Å². The Morgan fingerprint density at radius 1 is 1.11 bits per heavy atom. The second-order valence-electron chi connectivity index (χ2n) is 7.06. The number of carbonyl (C=O) groups is 1. The van der Waals surface area contributed by atoms with E-state index in [1.807, 2.05) is 24.3 Å². The largest absolute Gasteiger partial charge is 0.497 e. The van der Waals surface area contributed by atoms with Crippen LogP contribution in [0.25, 0.3) is 0 Å². The van der Waals surface area contributed by atoms with Crippen LogP contribution in [0.2, 0.25) is 0 Å². The van der Waals surface area contributed by atoms with Gasteiger partial charge in [0.2, 0.25) is 5.91 Å². The standard InChI is InChI=1S/C22H27FN2O2/c1-27-20-9-5-18(6-10-20)22(17-3-7-19(23)8-4-17)25-21(26)11-2-16-12-14-24-15-13-16/h3-10,16,22,24H,2,11-15H2,1H3,(H,25,26). The summed E-state index contributed by atoms with van der Waals surface area (Å²) in [5, 5.41) is 6.48. The van der Waals surface area contributed by atoms with Crippen LogP contribution in [-0.2, 0) is 4.79 Å². The highest BCUT2D eigenvalue weighted by Crippen LogP contribution is 2.25. The molecule has 2 aromatic rings. The second kappa shape index (κ2) is 9.51. The molecule has 27 heavy (non-hydrogen) atoms. The number of halogens is 1. The van der Waals surface area contributed by atoms with Crippen molar-refractivity contribution in [1.82, 2.24) is 10.6 Å². The second-order valence-corrected chi connectivity index (χ2v) is 7.06. The van der Waals surface area contributed by atoms with Gasteiger partial charge in [-0.25, -0.2) is 4.39 Å². The van der Waals surface area contributed by atoms with E-state index in [2.05, 4.69) is 10.6 Å². The van der Waals surface area contributed by atoms with Crippen LogP contribution in [0, 0.1) is 11.7 Å². The van der Waals surface area contributed by atoms with Crippen LogP contribution in [0.15, 0.2) is 48.5 Å². The molecule has 2 N–H and O–H groups in total. The third-order valence-electron chi connectivity index (χ3n) is 5.20. The number of piperidine rings is 1. The monoisotopic (exact) mass is 370 g/mol. The molecule has 0 spiro atoms. The van der Waals surface area contributed by atoms with Gasteiger partial charge >= 0.3 is 0 Å². The summed E-state index contributed by atoms with van der Waals surface area (Å²) in [6.45, 7) is 2.08. The van der Waals surface area contributed by atoms with Gasteiger partial charge in [-0.15, -0.1) is 0 Å². The van der Waals surface area contributed by atoms with Gasteiger partial charge in [0.1, 0.15) is 11.6 Å². The number of methoxy groups -OCH3 is 1. The number of carbonyl (C=O) groups excluding carboxylic acids is 1. The average molecular weight is 370 g/mol. The first-order valence-electron chi connectivity index (χ1n) is 9.55. The van der Waals surface area contributed by atoms with Crippen LogP contribution >= 0.6 is 0 Å². The fraction of sp³-hybridized carbons (Fsp3) is 0.409. The lowest BCUT2D eigenvalue weighted by Gasteiger charge is -2.23. The lowest BCUT2D eigenvalue weighted by atomic mass is 9.92. The zero-order valence-electron chi connectivity index (χ0n) is 15.7. The smallest absolute Gasteiger partial charge is 0.220 e. The first-order chi connectivity index (χ1) is 13.2. The molecule has 5 heteroatoms. The van der Waals surface area contributed by atoms with E-state index in [-0.39, 0.29) is 17.8 Å². The van der Waals surface area contributed by atoms with Crippen LogP contribution in [0.1, 0.15) is 42.9 Å². The van der Waals surface area contributed by atoms with Gasteiger partial charge < -0.3 is 15.4 Å². The number of hydrogen-bond donors (Lipinski definition) is 2. The molecule has 1 heterocycles. The molecule has 4 nitrogen and oxygen atoms in total. The summed E-state index contributed by atoms with van der Waals surface area (Å²) in [7, 11) is 1.62. The summed E-state index contributed by atoms with van der Waals surface area (Å²) in [5.74, 6) is 1.11. The van der Waals surface area contributed by atoms with Crippen molar-refractivity contribution in [2.24, 2.45) is 5.92 Å². The van der Waals surface area contributed by atoms with E-state index in [0.29, 0.717) is 12.3 Å². The normalized spacial score (nSPS) is 15.9.